The molecule has 2 aromatic carbocycles. The van der Waals surface area contributed by atoms with E-state index in [0.717, 1.165) is 5.69 Å². The van der Waals surface area contributed by atoms with Gasteiger partial charge < -0.3 is 0 Å². The lowest BCUT2D eigenvalue weighted by molar-refractivity contribution is 0.835. The van der Waals surface area contributed by atoms with Crippen molar-refractivity contribution in [2.24, 2.45) is 10.2 Å². The molecular weight excluding hydrogens is 290 g/mol. The number of hydrogen-bond donors (Lipinski definition) is 1. The molecule has 0 aliphatic carbocycles. The van der Waals surface area contributed by atoms with Crippen molar-refractivity contribution in [2.45, 2.75) is 6.92 Å². The zero-order valence-electron chi connectivity index (χ0n) is 12.4. The van der Waals surface area contributed by atoms with E-state index >= 15 is 0 Å². The molecule has 6 nitrogen and oxygen atoms in total. The number of aromatic amines is 1. The van der Waals surface area contributed by atoms with Crippen molar-refractivity contribution in [1.29, 1.82) is 5.26 Å². The molecule has 3 aromatic rings. The Morgan fingerprint density at radius 2 is 1.74 bits per heavy atom. The second kappa shape index (κ2) is 6.12. The minimum Gasteiger partial charge on any atom is -0.293 e. The van der Waals surface area contributed by atoms with Gasteiger partial charge in [-0.2, -0.15) is 5.26 Å². The molecule has 112 valence electrons. The predicted molar refractivity (Wildman–Crippen MR) is 86.5 cm³/mol. The van der Waals surface area contributed by atoms with Crippen LogP contribution in [-0.4, -0.2) is 9.78 Å². The Labute approximate surface area is 132 Å². The van der Waals surface area contributed by atoms with Gasteiger partial charge in [0.05, 0.1) is 16.9 Å². The monoisotopic (exact) mass is 303 g/mol. The van der Waals surface area contributed by atoms with Crippen molar-refractivity contribution >= 4 is 11.4 Å². The molecular formula is C17H13N5O. The molecule has 0 saturated carbocycles. The third-order valence-electron chi connectivity index (χ3n) is 3.34. The van der Waals surface area contributed by atoms with E-state index in [1.54, 1.807) is 31.2 Å². The number of para-hydroxylation sites is 1. The molecule has 0 bridgehead atoms. The van der Waals surface area contributed by atoms with Gasteiger partial charge in [0.15, 0.2) is 5.69 Å². The minimum absolute atomic E-state index is 0.224. The fourth-order valence-corrected chi connectivity index (χ4v) is 2.17. The second-order valence-corrected chi connectivity index (χ2v) is 4.89. The first-order valence-corrected chi connectivity index (χ1v) is 6.98. The first-order valence-electron chi connectivity index (χ1n) is 6.98. The first-order chi connectivity index (χ1) is 11.2. The maximum atomic E-state index is 12.5. The van der Waals surface area contributed by atoms with Crippen LogP contribution in [0.5, 0.6) is 0 Å². The van der Waals surface area contributed by atoms with Gasteiger partial charge in [0.2, 0.25) is 0 Å². The minimum atomic E-state index is -0.285. The van der Waals surface area contributed by atoms with Crippen molar-refractivity contribution in [3.8, 4) is 11.8 Å². The third kappa shape index (κ3) is 2.80. The van der Waals surface area contributed by atoms with E-state index in [-0.39, 0.29) is 11.2 Å². The summed E-state index contributed by atoms with van der Waals surface area (Å²) in [5, 5.41) is 20.1. The fraction of sp³-hybridized carbons (Fsp3) is 0.0588. The van der Waals surface area contributed by atoms with Crippen LogP contribution in [0.3, 0.4) is 0 Å². The molecule has 0 radical (unpaired) electrons. The maximum Gasteiger partial charge on any atom is 0.299 e. The molecule has 3 rings (SSSR count). The molecule has 0 unspecified atom stereocenters. The van der Waals surface area contributed by atoms with Crippen molar-refractivity contribution in [3.63, 3.8) is 0 Å². The van der Waals surface area contributed by atoms with E-state index in [1.165, 1.54) is 4.68 Å². The first kappa shape index (κ1) is 14.5. The highest BCUT2D eigenvalue weighted by Crippen LogP contribution is 2.21. The third-order valence-corrected chi connectivity index (χ3v) is 3.34. The predicted octanol–water partition coefficient (Wildman–Crippen LogP) is 3.76. The number of nitriles is 1. The van der Waals surface area contributed by atoms with Gasteiger partial charge in [-0.3, -0.25) is 9.89 Å². The molecule has 0 fully saturated rings. The second-order valence-electron chi connectivity index (χ2n) is 4.89. The number of azo groups is 1. The Morgan fingerprint density at radius 1 is 1.04 bits per heavy atom. The topological polar surface area (TPSA) is 86.3 Å². The average molecular weight is 303 g/mol. The highest BCUT2D eigenvalue weighted by Gasteiger charge is 2.12. The van der Waals surface area contributed by atoms with Crippen LogP contribution >= 0.6 is 0 Å². The van der Waals surface area contributed by atoms with Crippen LogP contribution in [0.2, 0.25) is 0 Å². The van der Waals surface area contributed by atoms with Gasteiger partial charge in [-0.05, 0) is 31.2 Å². The number of H-pyrrole nitrogens is 1. The van der Waals surface area contributed by atoms with Crippen molar-refractivity contribution in [2.75, 3.05) is 0 Å². The van der Waals surface area contributed by atoms with E-state index in [9.17, 15) is 4.79 Å². The number of rotatable bonds is 3. The van der Waals surface area contributed by atoms with Gasteiger partial charge in [0, 0.05) is 0 Å². The van der Waals surface area contributed by atoms with E-state index < -0.39 is 0 Å². The number of hydrogen-bond acceptors (Lipinski definition) is 4. The van der Waals surface area contributed by atoms with Crippen molar-refractivity contribution in [1.82, 2.24) is 9.78 Å². The molecule has 1 heterocycles. The van der Waals surface area contributed by atoms with Crippen LogP contribution < -0.4 is 5.56 Å². The molecule has 0 spiro atoms. The number of nitrogens with one attached hydrogen (secondary N) is 1. The Balaban J connectivity index is 2.02. The molecule has 1 N–H and O–H groups in total. The normalized spacial score (nSPS) is 10.8. The van der Waals surface area contributed by atoms with Crippen LogP contribution in [0.4, 0.5) is 11.4 Å². The Morgan fingerprint density at radius 3 is 2.48 bits per heavy atom. The summed E-state index contributed by atoms with van der Waals surface area (Å²) in [7, 11) is 0. The van der Waals surface area contributed by atoms with Gasteiger partial charge in [-0.15, -0.1) is 10.2 Å². The van der Waals surface area contributed by atoms with Gasteiger partial charge >= 0.3 is 0 Å². The number of benzene rings is 2. The SMILES string of the molecule is Cc1[nH]n(-c2ccccc2)c(=O)c1N=Nc1ccccc1C#N. The lowest BCUT2D eigenvalue weighted by Crippen LogP contribution is -2.13. The quantitative estimate of drug-likeness (QED) is 0.747. The molecule has 0 atom stereocenters. The van der Waals surface area contributed by atoms with Crippen molar-refractivity contribution in [3.05, 3.63) is 76.2 Å². The fourth-order valence-electron chi connectivity index (χ4n) is 2.17. The summed E-state index contributed by atoms with van der Waals surface area (Å²) in [5.74, 6) is 0. The summed E-state index contributed by atoms with van der Waals surface area (Å²) in [4.78, 5) is 12.5. The lowest BCUT2D eigenvalue weighted by atomic mass is 10.2. The molecule has 0 aliphatic rings. The smallest absolute Gasteiger partial charge is 0.293 e. The van der Waals surface area contributed by atoms with E-state index in [0.29, 0.717) is 16.9 Å². The van der Waals surface area contributed by atoms with E-state index in [2.05, 4.69) is 15.3 Å². The van der Waals surface area contributed by atoms with E-state index in [4.69, 9.17) is 5.26 Å². The summed E-state index contributed by atoms with van der Waals surface area (Å²) in [6.07, 6.45) is 0. The summed E-state index contributed by atoms with van der Waals surface area (Å²) in [6, 6.07) is 18.1. The van der Waals surface area contributed by atoms with Crippen LogP contribution in [0.15, 0.2) is 69.6 Å². The average Bonchev–Trinajstić information content (AvgIpc) is 2.88. The van der Waals surface area contributed by atoms with Crippen molar-refractivity contribution < 1.29 is 0 Å². The highest BCUT2D eigenvalue weighted by atomic mass is 16.1. The molecule has 0 aliphatic heterocycles. The highest BCUT2D eigenvalue weighted by molar-refractivity contribution is 5.53. The molecule has 6 heteroatoms. The van der Waals surface area contributed by atoms with Crippen LogP contribution in [0.1, 0.15) is 11.3 Å². The zero-order chi connectivity index (χ0) is 16.2. The Hall–Kier alpha value is -3.46. The van der Waals surface area contributed by atoms with Gasteiger partial charge in [0.1, 0.15) is 11.8 Å². The Bertz CT molecular complexity index is 961. The molecule has 0 saturated heterocycles. The lowest BCUT2D eigenvalue weighted by Gasteiger charge is -1.99. The summed E-state index contributed by atoms with van der Waals surface area (Å²) in [5.41, 5.74) is 2.11. The number of aromatic nitrogens is 2. The zero-order valence-corrected chi connectivity index (χ0v) is 12.4. The molecule has 1 aromatic heterocycles. The summed E-state index contributed by atoms with van der Waals surface area (Å²) in [6.45, 7) is 1.76. The summed E-state index contributed by atoms with van der Waals surface area (Å²) < 4.78 is 1.42. The standard InChI is InChI=1S/C17H13N5O/c1-12-16(20-19-15-10-6-5-7-13(15)11-18)17(23)22(21-12)14-8-3-2-4-9-14/h2-10,21H,1H3. The summed E-state index contributed by atoms with van der Waals surface area (Å²) >= 11 is 0. The largest absolute Gasteiger partial charge is 0.299 e. The number of nitrogens with zero attached hydrogens (tertiary/aromatic N) is 4. The van der Waals surface area contributed by atoms with Gasteiger partial charge in [0.25, 0.3) is 5.56 Å². The van der Waals surface area contributed by atoms with Crippen LogP contribution in [0, 0.1) is 18.3 Å². The maximum absolute atomic E-state index is 12.5. The molecule has 0 amide bonds. The van der Waals surface area contributed by atoms with Gasteiger partial charge in [-0.1, -0.05) is 30.3 Å². The van der Waals surface area contributed by atoms with E-state index in [1.807, 2.05) is 36.4 Å². The van der Waals surface area contributed by atoms with Crippen LogP contribution in [0.25, 0.3) is 5.69 Å². The number of aryl methyl sites for hydroxylation is 1. The molecule has 23 heavy (non-hydrogen) atoms. The Kier molecular flexibility index (Phi) is 3.85. The van der Waals surface area contributed by atoms with Gasteiger partial charge in [-0.25, -0.2) is 4.68 Å². The van der Waals surface area contributed by atoms with Crippen LogP contribution in [-0.2, 0) is 0 Å².